The second-order valence-electron chi connectivity index (χ2n) is 8.07. The molecule has 32 heavy (non-hydrogen) atoms. The van der Waals surface area contributed by atoms with Gasteiger partial charge in [-0.05, 0) is 37.1 Å². The zero-order chi connectivity index (χ0) is 22.5. The molecule has 170 valence electrons. The standard InChI is InChI=1S/C23H27ClN4O4/c24-19-5-1-2-6-22(19)32-16-15-25-11-13-27(14-12-25)23(29)18-7-8-20(21(17-18)28(30)31)26-9-3-4-10-26/h1-2,5-8,17H,3-4,9-16H2. The van der Waals surface area contributed by atoms with E-state index < -0.39 is 0 Å². The lowest BCUT2D eigenvalue weighted by molar-refractivity contribution is -0.384. The minimum absolute atomic E-state index is 0.00751. The molecule has 2 saturated heterocycles. The molecule has 2 aromatic carbocycles. The maximum absolute atomic E-state index is 13.0. The highest BCUT2D eigenvalue weighted by Gasteiger charge is 2.27. The molecule has 1 amide bonds. The molecule has 0 aliphatic carbocycles. The predicted octanol–water partition coefficient (Wildman–Crippen LogP) is 3.69. The lowest BCUT2D eigenvalue weighted by Crippen LogP contribution is -2.49. The summed E-state index contributed by atoms with van der Waals surface area (Å²) < 4.78 is 5.75. The highest BCUT2D eigenvalue weighted by Crippen LogP contribution is 2.32. The number of carbonyl (C=O) groups is 1. The van der Waals surface area contributed by atoms with Crippen molar-refractivity contribution in [1.29, 1.82) is 0 Å². The summed E-state index contributed by atoms with van der Waals surface area (Å²) in [7, 11) is 0. The third-order valence-corrected chi connectivity index (χ3v) is 6.34. The van der Waals surface area contributed by atoms with Gasteiger partial charge in [-0.1, -0.05) is 23.7 Å². The summed E-state index contributed by atoms with van der Waals surface area (Å²) in [5.74, 6) is 0.509. The van der Waals surface area contributed by atoms with Crippen molar-refractivity contribution in [1.82, 2.24) is 9.80 Å². The molecule has 0 saturated carbocycles. The van der Waals surface area contributed by atoms with Crippen molar-refractivity contribution in [3.8, 4) is 5.75 Å². The van der Waals surface area contributed by atoms with Crippen molar-refractivity contribution < 1.29 is 14.5 Å². The number of nitro benzene ring substituents is 1. The minimum Gasteiger partial charge on any atom is -0.491 e. The van der Waals surface area contributed by atoms with E-state index in [4.69, 9.17) is 16.3 Å². The van der Waals surface area contributed by atoms with Gasteiger partial charge in [-0.15, -0.1) is 0 Å². The Balaban J connectivity index is 1.31. The summed E-state index contributed by atoms with van der Waals surface area (Å²) in [5.41, 5.74) is 0.982. The molecule has 2 heterocycles. The average Bonchev–Trinajstić information content (AvgIpc) is 3.35. The van der Waals surface area contributed by atoms with E-state index in [1.807, 2.05) is 23.1 Å². The van der Waals surface area contributed by atoms with Gasteiger partial charge in [-0.3, -0.25) is 19.8 Å². The summed E-state index contributed by atoms with van der Waals surface area (Å²) in [6.07, 6.45) is 2.07. The van der Waals surface area contributed by atoms with Crippen LogP contribution in [0.1, 0.15) is 23.2 Å². The SMILES string of the molecule is O=C(c1ccc(N2CCCC2)c([N+](=O)[O-])c1)N1CCN(CCOc2ccccc2Cl)CC1. The number of hydrogen-bond acceptors (Lipinski definition) is 6. The zero-order valence-corrected chi connectivity index (χ0v) is 18.7. The number of nitrogens with zero attached hydrogens (tertiary/aromatic N) is 4. The number of para-hydroxylation sites is 1. The van der Waals surface area contributed by atoms with Crippen molar-refractivity contribution in [2.45, 2.75) is 12.8 Å². The average molecular weight is 459 g/mol. The summed E-state index contributed by atoms with van der Waals surface area (Å²) >= 11 is 6.11. The van der Waals surface area contributed by atoms with E-state index in [2.05, 4.69) is 4.90 Å². The molecular weight excluding hydrogens is 432 g/mol. The molecule has 0 spiro atoms. The van der Waals surface area contributed by atoms with Crippen LogP contribution in [-0.4, -0.2) is 73.1 Å². The van der Waals surface area contributed by atoms with E-state index in [9.17, 15) is 14.9 Å². The largest absolute Gasteiger partial charge is 0.491 e. The van der Waals surface area contributed by atoms with Crippen LogP contribution in [0, 0.1) is 10.1 Å². The Morgan fingerprint density at radius 2 is 1.75 bits per heavy atom. The van der Waals surface area contributed by atoms with Crippen molar-refractivity contribution in [3.05, 3.63) is 63.2 Å². The first-order chi connectivity index (χ1) is 15.5. The molecule has 2 aromatic rings. The Morgan fingerprint density at radius 1 is 1.03 bits per heavy atom. The van der Waals surface area contributed by atoms with E-state index in [1.54, 1.807) is 23.1 Å². The van der Waals surface area contributed by atoms with Crippen LogP contribution in [0.3, 0.4) is 0 Å². The van der Waals surface area contributed by atoms with Gasteiger partial charge < -0.3 is 14.5 Å². The third-order valence-electron chi connectivity index (χ3n) is 6.03. The normalized spacial score (nSPS) is 16.9. The summed E-state index contributed by atoms with van der Waals surface area (Å²) in [6, 6.07) is 12.2. The molecule has 2 aliphatic heterocycles. The lowest BCUT2D eigenvalue weighted by Gasteiger charge is -2.34. The van der Waals surface area contributed by atoms with Gasteiger partial charge in [-0.25, -0.2) is 0 Å². The number of anilines is 1. The van der Waals surface area contributed by atoms with Gasteiger partial charge in [0, 0.05) is 57.4 Å². The fraction of sp³-hybridized carbons (Fsp3) is 0.435. The number of nitro groups is 1. The summed E-state index contributed by atoms with van der Waals surface area (Å²) in [4.78, 5) is 30.2. The van der Waals surface area contributed by atoms with E-state index in [0.29, 0.717) is 41.7 Å². The maximum atomic E-state index is 13.0. The molecule has 0 N–H and O–H groups in total. The fourth-order valence-electron chi connectivity index (χ4n) is 4.23. The van der Waals surface area contributed by atoms with Crippen LogP contribution >= 0.6 is 11.6 Å². The third kappa shape index (κ3) is 5.14. The Kier molecular flexibility index (Phi) is 7.12. The number of ether oxygens (including phenoxy) is 1. The number of carbonyl (C=O) groups excluding carboxylic acids is 1. The molecule has 4 rings (SSSR count). The zero-order valence-electron chi connectivity index (χ0n) is 17.9. The van der Waals surface area contributed by atoms with Gasteiger partial charge in [0.2, 0.25) is 0 Å². The Bertz CT molecular complexity index is 972. The first-order valence-corrected chi connectivity index (χ1v) is 11.3. The first-order valence-electron chi connectivity index (χ1n) is 11.0. The smallest absolute Gasteiger partial charge is 0.293 e. The molecule has 0 unspecified atom stereocenters. The van der Waals surface area contributed by atoms with Crippen LogP contribution in [0.2, 0.25) is 5.02 Å². The quantitative estimate of drug-likeness (QED) is 0.465. The van der Waals surface area contributed by atoms with Crippen LogP contribution in [0.25, 0.3) is 0 Å². The molecule has 2 aliphatic rings. The van der Waals surface area contributed by atoms with E-state index in [-0.39, 0.29) is 16.5 Å². The number of rotatable bonds is 7. The molecule has 0 atom stereocenters. The molecule has 0 radical (unpaired) electrons. The Labute approximate surface area is 192 Å². The van der Waals surface area contributed by atoms with Crippen LogP contribution in [0.5, 0.6) is 5.75 Å². The van der Waals surface area contributed by atoms with E-state index in [0.717, 1.165) is 45.6 Å². The molecule has 0 bridgehead atoms. The number of benzene rings is 2. The van der Waals surface area contributed by atoms with Crippen molar-refractivity contribution in [2.24, 2.45) is 0 Å². The molecule has 0 aromatic heterocycles. The fourth-order valence-corrected chi connectivity index (χ4v) is 4.42. The number of halogens is 1. The van der Waals surface area contributed by atoms with Crippen molar-refractivity contribution in [3.63, 3.8) is 0 Å². The highest BCUT2D eigenvalue weighted by molar-refractivity contribution is 6.32. The van der Waals surface area contributed by atoms with Crippen LogP contribution < -0.4 is 9.64 Å². The molecular formula is C23H27ClN4O4. The Hall–Kier alpha value is -2.84. The molecule has 9 heteroatoms. The van der Waals surface area contributed by atoms with Gasteiger partial charge in [0.05, 0.1) is 9.95 Å². The highest BCUT2D eigenvalue weighted by atomic mass is 35.5. The van der Waals surface area contributed by atoms with Gasteiger partial charge in [0.1, 0.15) is 18.0 Å². The lowest BCUT2D eigenvalue weighted by atomic mass is 10.1. The van der Waals surface area contributed by atoms with E-state index >= 15 is 0 Å². The van der Waals surface area contributed by atoms with Gasteiger partial charge >= 0.3 is 0 Å². The minimum atomic E-state index is -0.388. The van der Waals surface area contributed by atoms with Gasteiger partial charge in [-0.2, -0.15) is 0 Å². The second kappa shape index (κ2) is 10.2. The van der Waals surface area contributed by atoms with Gasteiger partial charge in [0.15, 0.2) is 0 Å². The number of amides is 1. The van der Waals surface area contributed by atoms with Crippen LogP contribution in [-0.2, 0) is 0 Å². The molecule has 2 fully saturated rings. The van der Waals surface area contributed by atoms with Crippen LogP contribution in [0.4, 0.5) is 11.4 Å². The van der Waals surface area contributed by atoms with Gasteiger partial charge in [0.25, 0.3) is 11.6 Å². The van der Waals surface area contributed by atoms with Crippen molar-refractivity contribution >= 4 is 28.9 Å². The number of hydrogen-bond donors (Lipinski definition) is 0. The van der Waals surface area contributed by atoms with E-state index in [1.165, 1.54) is 6.07 Å². The maximum Gasteiger partial charge on any atom is 0.293 e. The van der Waals surface area contributed by atoms with Crippen molar-refractivity contribution in [2.75, 3.05) is 57.3 Å². The monoisotopic (exact) mass is 458 g/mol. The predicted molar refractivity (Wildman–Crippen MR) is 124 cm³/mol. The summed E-state index contributed by atoms with van der Waals surface area (Å²) in [6.45, 7) is 5.49. The molecule has 8 nitrogen and oxygen atoms in total. The summed E-state index contributed by atoms with van der Waals surface area (Å²) in [5, 5.41) is 12.2. The number of piperazine rings is 1. The second-order valence-corrected chi connectivity index (χ2v) is 8.47. The van der Waals surface area contributed by atoms with Crippen LogP contribution in [0.15, 0.2) is 42.5 Å². The Morgan fingerprint density at radius 3 is 2.44 bits per heavy atom. The first kappa shape index (κ1) is 22.4. The topological polar surface area (TPSA) is 79.2 Å².